The fourth-order valence-electron chi connectivity index (χ4n) is 3.61. The maximum atomic E-state index is 12.5. The van der Waals surface area contributed by atoms with E-state index in [0.717, 1.165) is 12.8 Å². The van der Waals surface area contributed by atoms with Crippen LogP contribution in [0.15, 0.2) is 48.5 Å². The number of benzene rings is 2. The van der Waals surface area contributed by atoms with Crippen molar-refractivity contribution in [3.05, 3.63) is 59.7 Å². The van der Waals surface area contributed by atoms with Gasteiger partial charge in [0.05, 0.1) is 7.11 Å². The van der Waals surface area contributed by atoms with Gasteiger partial charge < -0.3 is 20.3 Å². The van der Waals surface area contributed by atoms with Gasteiger partial charge in [0.2, 0.25) is 5.91 Å². The van der Waals surface area contributed by atoms with Crippen molar-refractivity contribution in [1.82, 2.24) is 5.32 Å². The number of amides is 2. The minimum Gasteiger partial charge on any atom is -0.468 e. The van der Waals surface area contributed by atoms with Gasteiger partial charge in [0.15, 0.2) is 0 Å². The first-order valence-corrected chi connectivity index (χ1v) is 10.1. The number of anilines is 2. The minimum absolute atomic E-state index is 0.114. The molecule has 7 nitrogen and oxygen atoms in total. The van der Waals surface area contributed by atoms with Gasteiger partial charge in [0.25, 0.3) is 5.91 Å². The molecule has 0 spiro atoms. The maximum Gasteiger partial charge on any atom is 0.325 e. The molecule has 2 aromatic carbocycles. The first-order valence-electron chi connectivity index (χ1n) is 10.1. The van der Waals surface area contributed by atoms with E-state index in [1.54, 1.807) is 24.3 Å². The topological polar surface area (TPSA) is 87.7 Å². The number of aryl methyl sites for hydroxylation is 1. The lowest BCUT2D eigenvalue weighted by Gasteiger charge is -2.37. The van der Waals surface area contributed by atoms with Crippen molar-refractivity contribution >= 4 is 29.2 Å². The van der Waals surface area contributed by atoms with Gasteiger partial charge in [-0.1, -0.05) is 24.3 Å². The molecule has 1 unspecified atom stereocenters. The molecule has 2 aromatic rings. The number of hydrogen-bond acceptors (Lipinski definition) is 5. The number of methoxy groups -OCH3 is 1. The van der Waals surface area contributed by atoms with Crippen LogP contribution in [0.1, 0.15) is 35.7 Å². The Hall–Kier alpha value is -3.35. The molecule has 0 radical (unpaired) electrons. The van der Waals surface area contributed by atoms with Gasteiger partial charge in [-0.25, -0.2) is 0 Å². The number of para-hydroxylation sites is 1. The van der Waals surface area contributed by atoms with Crippen molar-refractivity contribution < 1.29 is 19.1 Å². The predicted octanol–water partition coefficient (Wildman–Crippen LogP) is 2.76. The smallest absolute Gasteiger partial charge is 0.325 e. The van der Waals surface area contributed by atoms with Gasteiger partial charge >= 0.3 is 5.97 Å². The number of nitrogens with one attached hydrogen (secondary N) is 2. The van der Waals surface area contributed by atoms with Crippen LogP contribution in [-0.4, -0.2) is 44.0 Å². The van der Waals surface area contributed by atoms with Crippen molar-refractivity contribution in [3.8, 4) is 0 Å². The average Bonchev–Trinajstić information content (AvgIpc) is 2.76. The quantitative estimate of drug-likeness (QED) is 0.687. The van der Waals surface area contributed by atoms with Crippen LogP contribution in [0.5, 0.6) is 0 Å². The van der Waals surface area contributed by atoms with Gasteiger partial charge in [-0.3, -0.25) is 14.4 Å². The fourth-order valence-corrected chi connectivity index (χ4v) is 3.61. The van der Waals surface area contributed by atoms with Gasteiger partial charge in [-0.05, 0) is 49.6 Å². The Kier molecular flexibility index (Phi) is 7.06. The zero-order valence-corrected chi connectivity index (χ0v) is 17.3. The molecule has 0 aromatic heterocycles. The largest absolute Gasteiger partial charge is 0.468 e. The molecule has 7 heteroatoms. The van der Waals surface area contributed by atoms with Crippen LogP contribution in [0.3, 0.4) is 0 Å². The Morgan fingerprint density at radius 3 is 2.73 bits per heavy atom. The van der Waals surface area contributed by atoms with E-state index < -0.39 is 11.9 Å². The van der Waals surface area contributed by atoms with E-state index >= 15 is 0 Å². The lowest BCUT2D eigenvalue weighted by molar-refractivity contribution is -0.139. The fraction of sp³-hybridized carbons (Fsp3) is 0.348. The third-order valence-corrected chi connectivity index (χ3v) is 5.27. The molecule has 2 amide bonds. The summed E-state index contributed by atoms with van der Waals surface area (Å²) in [7, 11) is 1.26. The number of carbonyl (C=O) groups is 3. The summed E-state index contributed by atoms with van der Waals surface area (Å²) in [5.74, 6) is -1.05. The first kappa shape index (κ1) is 21.4. The second kappa shape index (κ2) is 9.91. The maximum absolute atomic E-state index is 12.5. The van der Waals surface area contributed by atoms with Crippen molar-refractivity contribution in [3.63, 3.8) is 0 Å². The van der Waals surface area contributed by atoms with E-state index in [4.69, 9.17) is 0 Å². The second-order valence-electron chi connectivity index (χ2n) is 7.35. The molecule has 1 heterocycles. The molecule has 0 aliphatic carbocycles. The van der Waals surface area contributed by atoms with Crippen LogP contribution in [0.2, 0.25) is 0 Å². The molecule has 1 aliphatic rings. The summed E-state index contributed by atoms with van der Waals surface area (Å²) in [5, 5.41) is 5.33. The number of fused-ring (bicyclic) bond motifs is 1. The monoisotopic (exact) mass is 409 g/mol. The summed E-state index contributed by atoms with van der Waals surface area (Å²) in [5.41, 5.74) is 3.42. The standard InChI is InChI=1S/C23H27N3O4/c1-16-10-11-17-6-3-4-9-20(17)26(16)13-12-21(27)25-19-8-5-7-18(14-19)23(29)24-15-22(28)30-2/h3-9,14,16H,10-13,15H2,1-2H3,(H,24,29)(H,25,27). The van der Waals surface area contributed by atoms with Crippen molar-refractivity contribution in [2.45, 2.75) is 32.2 Å². The Morgan fingerprint density at radius 1 is 1.13 bits per heavy atom. The highest BCUT2D eigenvalue weighted by Gasteiger charge is 2.23. The third kappa shape index (κ3) is 5.37. The van der Waals surface area contributed by atoms with E-state index in [-0.39, 0.29) is 12.5 Å². The molecule has 1 atom stereocenters. The SMILES string of the molecule is COC(=O)CNC(=O)c1cccc(NC(=O)CCN2c3ccccc3CCC2C)c1. The van der Waals surface area contributed by atoms with E-state index in [2.05, 4.69) is 39.3 Å². The molecule has 0 saturated carbocycles. The Bertz CT molecular complexity index is 928. The summed E-state index contributed by atoms with van der Waals surface area (Å²) >= 11 is 0. The van der Waals surface area contributed by atoms with Crippen molar-refractivity contribution in [1.29, 1.82) is 0 Å². The highest BCUT2D eigenvalue weighted by Crippen LogP contribution is 2.30. The highest BCUT2D eigenvalue weighted by molar-refractivity contribution is 5.98. The molecule has 0 saturated heterocycles. The van der Waals surface area contributed by atoms with Crippen LogP contribution < -0.4 is 15.5 Å². The summed E-state index contributed by atoms with van der Waals surface area (Å²) in [6.07, 6.45) is 2.48. The third-order valence-electron chi connectivity index (χ3n) is 5.27. The molecular formula is C23H27N3O4. The predicted molar refractivity (Wildman–Crippen MR) is 116 cm³/mol. The summed E-state index contributed by atoms with van der Waals surface area (Å²) in [6, 6.07) is 15.3. The van der Waals surface area contributed by atoms with Crippen LogP contribution in [0.25, 0.3) is 0 Å². The lowest BCUT2D eigenvalue weighted by atomic mass is 9.96. The van der Waals surface area contributed by atoms with Gasteiger partial charge in [-0.2, -0.15) is 0 Å². The average molecular weight is 409 g/mol. The van der Waals surface area contributed by atoms with Crippen LogP contribution in [-0.2, 0) is 20.7 Å². The molecule has 0 bridgehead atoms. The number of rotatable bonds is 7. The van der Waals surface area contributed by atoms with Crippen molar-refractivity contribution in [2.75, 3.05) is 30.4 Å². The summed E-state index contributed by atoms with van der Waals surface area (Å²) in [4.78, 5) is 38.1. The molecule has 3 rings (SSSR count). The molecule has 158 valence electrons. The second-order valence-corrected chi connectivity index (χ2v) is 7.35. The van der Waals surface area contributed by atoms with Gasteiger partial charge in [0, 0.05) is 35.9 Å². The summed E-state index contributed by atoms with van der Waals surface area (Å²) < 4.78 is 4.50. The Labute approximate surface area is 176 Å². The van der Waals surface area contributed by atoms with Gasteiger partial charge in [-0.15, -0.1) is 0 Å². The highest BCUT2D eigenvalue weighted by atomic mass is 16.5. The number of hydrogen-bond donors (Lipinski definition) is 2. The Balaban J connectivity index is 1.57. The van der Waals surface area contributed by atoms with E-state index in [1.165, 1.54) is 18.4 Å². The van der Waals surface area contributed by atoms with Crippen LogP contribution in [0, 0.1) is 0 Å². The molecule has 2 N–H and O–H groups in total. The first-order chi connectivity index (χ1) is 14.5. The summed E-state index contributed by atoms with van der Waals surface area (Å²) in [6.45, 7) is 2.61. The zero-order chi connectivity index (χ0) is 21.5. The number of nitrogens with zero attached hydrogens (tertiary/aromatic N) is 1. The van der Waals surface area contributed by atoms with Crippen LogP contribution >= 0.6 is 0 Å². The Morgan fingerprint density at radius 2 is 1.93 bits per heavy atom. The normalized spacial score (nSPS) is 15.1. The van der Waals surface area contributed by atoms with E-state index in [9.17, 15) is 14.4 Å². The molecule has 0 fully saturated rings. The molecule has 1 aliphatic heterocycles. The lowest BCUT2D eigenvalue weighted by Crippen LogP contribution is -2.39. The molecular weight excluding hydrogens is 382 g/mol. The van der Waals surface area contributed by atoms with E-state index in [1.807, 2.05) is 12.1 Å². The number of ether oxygens (including phenoxy) is 1. The van der Waals surface area contributed by atoms with Crippen LogP contribution in [0.4, 0.5) is 11.4 Å². The number of carbonyl (C=O) groups excluding carboxylic acids is 3. The number of esters is 1. The zero-order valence-electron chi connectivity index (χ0n) is 17.3. The van der Waals surface area contributed by atoms with E-state index in [0.29, 0.717) is 30.3 Å². The molecule has 30 heavy (non-hydrogen) atoms. The van der Waals surface area contributed by atoms with Gasteiger partial charge in [0.1, 0.15) is 6.54 Å². The van der Waals surface area contributed by atoms with Crippen molar-refractivity contribution in [2.24, 2.45) is 0 Å². The minimum atomic E-state index is -0.527.